The van der Waals surface area contributed by atoms with E-state index in [4.69, 9.17) is 16.6 Å². The van der Waals surface area contributed by atoms with Crippen molar-refractivity contribution in [2.24, 2.45) is 0 Å². The fraction of sp³-hybridized carbons (Fsp3) is 0.375. The summed E-state index contributed by atoms with van der Waals surface area (Å²) in [6, 6.07) is 4.27. The van der Waals surface area contributed by atoms with E-state index in [0.717, 1.165) is 30.5 Å². The molecule has 0 unspecified atom stereocenters. The van der Waals surface area contributed by atoms with Crippen LogP contribution in [0.2, 0.25) is 0 Å². The van der Waals surface area contributed by atoms with Crippen LogP contribution in [0.25, 0.3) is 11.0 Å². The number of thioether (sulfide) groups is 1. The number of aromatic hydroxyl groups is 2. The summed E-state index contributed by atoms with van der Waals surface area (Å²) < 4.78 is 6.14. The van der Waals surface area contributed by atoms with Crippen LogP contribution in [0, 0.1) is 0 Å². The highest BCUT2D eigenvalue weighted by atomic mass is 35.5. The molecular weight excluding hydrogens is 384 g/mol. The highest BCUT2D eigenvalue weighted by molar-refractivity contribution is 8.22. The lowest BCUT2D eigenvalue weighted by molar-refractivity contribution is 0.177. The quantitative estimate of drug-likeness (QED) is 0.450. The van der Waals surface area contributed by atoms with Gasteiger partial charge in [0.25, 0.3) is 0 Å². The fourth-order valence-electron chi connectivity index (χ4n) is 2.84. The molecule has 25 heavy (non-hydrogen) atoms. The number of rotatable bonds is 2. The number of benzene rings is 1. The maximum atomic E-state index is 11.5. The van der Waals surface area contributed by atoms with Crippen LogP contribution in [-0.2, 0) is 6.54 Å². The molecule has 1 fully saturated rings. The molecule has 1 aliphatic heterocycles. The van der Waals surface area contributed by atoms with Gasteiger partial charge in [0.1, 0.15) is 9.90 Å². The Balaban J connectivity index is 0.00000225. The first kappa shape index (κ1) is 19.8. The molecule has 0 spiro atoms. The second-order valence-corrected chi connectivity index (χ2v) is 7.07. The van der Waals surface area contributed by atoms with Gasteiger partial charge in [0.2, 0.25) is 0 Å². The highest BCUT2D eigenvalue weighted by Gasteiger charge is 2.22. The molecule has 0 amide bonds. The minimum atomic E-state index is -0.482. The summed E-state index contributed by atoms with van der Waals surface area (Å²) in [5.74, 6) is -0.451. The van der Waals surface area contributed by atoms with Crippen molar-refractivity contribution in [3.63, 3.8) is 0 Å². The van der Waals surface area contributed by atoms with E-state index in [1.807, 2.05) is 6.26 Å². The van der Waals surface area contributed by atoms with E-state index in [1.165, 1.54) is 12.1 Å². The molecule has 1 aromatic carbocycles. The Morgan fingerprint density at radius 2 is 1.96 bits per heavy atom. The lowest BCUT2D eigenvalue weighted by atomic mass is 10.1. The molecule has 0 bridgehead atoms. The van der Waals surface area contributed by atoms with Crippen LogP contribution in [0.1, 0.15) is 5.56 Å². The van der Waals surface area contributed by atoms with Gasteiger partial charge in [-0.25, -0.2) is 4.79 Å². The number of hydrogen-bond donors (Lipinski definition) is 2. The number of nitrogens with zero attached hydrogens (tertiary/aromatic N) is 2. The van der Waals surface area contributed by atoms with Crippen molar-refractivity contribution in [2.45, 2.75) is 6.54 Å². The van der Waals surface area contributed by atoms with Gasteiger partial charge in [-0.2, -0.15) is 0 Å². The molecule has 1 saturated heterocycles. The van der Waals surface area contributed by atoms with E-state index in [2.05, 4.69) is 9.80 Å². The SMILES string of the molecule is CSC(=S)N1CCN(Cc2c(O)c(O)cc3ccc(=O)oc23)CC1.Cl. The number of fused-ring (bicyclic) bond motifs is 1. The number of thiocarbonyl (C=S) groups is 1. The average molecular weight is 403 g/mol. The van der Waals surface area contributed by atoms with Gasteiger partial charge >= 0.3 is 5.63 Å². The maximum absolute atomic E-state index is 11.5. The third-order valence-corrected chi connectivity index (χ3v) is 5.51. The highest BCUT2D eigenvalue weighted by Crippen LogP contribution is 2.36. The number of phenols is 2. The third kappa shape index (κ3) is 4.20. The summed E-state index contributed by atoms with van der Waals surface area (Å²) in [6.45, 7) is 3.55. The van der Waals surface area contributed by atoms with Crippen molar-refractivity contribution in [1.29, 1.82) is 0 Å². The number of halogens is 1. The Hall–Kier alpha value is -1.48. The average Bonchev–Trinajstić information content (AvgIpc) is 2.59. The zero-order chi connectivity index (χ0) is 17.3. The lowest BCUT2D eigenvalue weighted by Gasteiger charge is -2.35. The van der Waals surface area contributed by atoms with Crippen LogP contribution in [0.4, 0.5) is 0 Å². The van der Waals surface area contributed by atoms with Gasteiger partial charge < -0.3 is 19.5 Å². The van der Waals surface area contributed by atoms with Gasteiger partial charge in [-0.05, 0) is 18.4 Å². The first-order valence-electron chi connectivity index (χ1n) is 7.52. The van der Waals surface area contributed by atoms with Gasteiger partial charge in [-0.1, -0.05) is 12.2 Å². The van der Waals surface area contributed by atoms with Crippen LogP contribution >= 0.6 is 36.4 Å². The van der Waals surface area contributed by atoms with Crippen LogP contribution in [0.15, 0.2) is 27.4 Å². The van der Waals surface area contributed by atoms with Crippen LogP contribution in [-0.4, -0.2) is 56.8 Å². The largest absolute Gasteiger partial charge is 0.504 e. The molecule has 0 saturated carbocycles. The van der Waals surface area contributed by atoms with E-state index in [-0.39, 0.29) is 23.9 Å². The maximum Gasteiger partial charge on any atom is 0.336 e. The first-order valence-corrected chi connectivity index (χ1v) is 9.16. The van der Waals surface area contributed by atoms with Crippen LogP contribution < -0.4 is 5.63 Å². The van der Waals surface area contributed by atoms with E-state index in [0.29, 0.717) is 23.1 Å². The molecule has 3 rings (SSSR count). The smallest absolute Gasteiger partial charge is 0.336 e. The first-order chi connectivity index (χ1) is 11.5. The minimum Gasteiger partial charge on any atom is -0.504 e. The van der Waals surface area contributed by atoms with Crippen molar-refractivity contribution in [1.82, 2.24) is 9.80 Å². The fourth-order valence-corrected chi connectivity index (χ4v) is 3.47. The molecule has 0 aliphatic carbocycles. The molecular formula is C16H19ClN2O4S2. The second kappa shape index (κ2) is 8.27. The number of hydrogen-bond acceptors (Lipinski definition) is 7. The standard InChI is InChI=1S/C16H18N2O4S2.ClH/c1-24-16(23)18-6-4-17(5-7-18)9-11-14(21)12(19)8-10-2-3-13(20)22-15(10)11;/h2-3,8,19,21H,4-7,9H2,1H3;1H. The van der Waals surface area contributed by atoms with Crippen LogP contribution in [0.3, 0.4) is 0 Å². The van der Waals surface area contributed by atoms with E-state index in [1.54, 1.807) is 17.8 Å². The van der Waals surface area contributed by atoms with Crippen molar-refractivity contribution in [3.05, 3.63) is 34.2 Å². The van der Waals surface area contributed by atoms with Crippen molar-refractivity contribution < 1.29 is 14.6 Å². The van der Waals surface area contributed by atoms with Gasteiger partial charge in [0.05, 0.1) is 5.56 Å². The Kier molecular flexibility index (Phi) is 6.56. The molecule has 6 nitrogen and oxygen atoms in total. The van der Waals surface area contributed by atoms with Crippen molar-refractivity contribution in [2.75, 3.05) is 32.4 Å². The van der Waals surface area contributed by atoms with Crippen molar-refractivity contribution >= 4 is 51.7 Å². The molecule has 1 aliphatic rings. The van der Waals surface area contributed by atoms with E-state index >= 15 is 0 Å². The summed E-state index contributed by atoms with van der Waals surface area (Å²) in [7, 11) is 0. The van der Waals surface area contributed by atoms with Gasteiger partial charge in [0, 0.05) is 44.2 Å². The molecule has 9 heteroatoms. The second-order valence-electron chi connectivity index (χ2n) is 5.63. The molecule has 2 N–H and O–H groups in total. The summed E-state index contributed by atoms with van der Waals surface area (Å²) >= 11 is 6.87. The number of piperazine rings is 1. The minimum absolute atomic E-state index is 0. The predicted octanol–water partition coefficient (Wildman–Crippen LogP) is 2.39. The molecule has 136 valence electrons. The third-order valence-electron chi connectivity index (χ3n) is 4.15. The van der Waals surface area contributed by atoms with Gasteiger partial charge in [-0.15, -0.1) is 24.2 Å². The summed E-state index contributed by atoms with van der Waals surface area (Å²) in [6.07, 6.45) is 1.97. The summed E-state index contributed by atoms with van der Waals surface area (Å²) in [4.78, 5) is 15.8. The topological polar surface area (TPSA) is 77.1 Å². The lowest BCUT2D eigenvalue weighted by Crippen LogP contribution is -2.47. The molecule has 0 radical (unpaired) electrons. The molecule has 2 aromatic rings. The zero-order valence-electron chi connectivity index (χ0n) is 13.6. The Morgan fingerprint density at radius 3 is 2.60 bits per heavy atom. The zero-order valence-corrected chi connectivity index (χ0v) is 16.0. The van der Waals surface area contributed by atoms with E-state index < -0.39 is 5.63 Å². The normalized spacial score (nSPS) is 15.2. The van der Waals surface area contributed by atoms with E-state index in [9.17, 15) is 15.0 Å². The monoisotopic (exact) mass is 402 g/mol. The number of phenolic OH excluding ortho intramolecular Hbond substituents is 2. The van der Waals surface area contributed by atoms with Crippen LogP contribution in [0.5, 0.6) is 11.5 Å². The molecule has 2 heterocycles. The predicted molar refractivity (Wildman–Crippen MR) is 106 cm³/mol. The Bertz CT molecular complexity index is 835. The molecule has 1 aromatic heterocycles. The van der Waals surface area contributed by atoms with Gasteiger partial charge in [-0.3, -0.25) is 4.90 Å². The Morgan fingerprint density at radius 1 is 1.28 bits per heavy atom. The van der Waals surface area contributed by atoms with Crippen molar-refractivity contribution in [3.8, 4) is 11.5 Å². The summed E-state index contributed by atoms with van der Waals surface area (Å²) in [5.41, 5.74) is 0.271. The van der Waals surface area contributed by atoms with Gasteiger partial charge in [0.15, 0.2) is 11.5 Å². The molecule has 0 atom stereocenters. The summed E-state index contributed by atoms with van der Waals surface area (Å²) in [5, 5.41) is 20.7. The Labute approximate surface area is 160 Å².